The third-order valence-corrected chi connectivity index (χ3v) is 18.9. The molecule has 90 heavy (non-hydrogen) atoms. The SMILES string of the molecule is COc1ccc2nc3c(nc2c1)O[C@H]1CN(C(=O)[C@H](C(C)(C)C)CC(=O)O[C@]2(C(F)(F)F)C[C@H]2CCCCC3)[C@H]([C-]=O)[C@@H]1C.COc1ccc2nc3c(nc2c1)O[C@H]1CN(C(=O)[C@H](C(C)(C)C)CC(=O)O[C@]2(CC(F)F)C[C@H]2CCCCC3)[C@H]([C-]=O)[C@@H]1C.[V].[V]. The van der Waals surface area contributed by atoms with Crippen LogP contribution in [0, 0.1) is 46.3 Å². The molecule has 4 fully saturated rings. The largest absolute Gasteiger partial charge is 0.540 e. The maximum atomic E-state index is 14.2. The molecule has 490 valence electrons. The number of hydrogen-bond donors (Lipinski definition) is 0. The van der Waals surface area contributed by atoms with Gasteiger partial charge in [0.2, 0.25) is 35.6 Å². The van der Waals surface area contributed by atoms with Crippen LogP contribution in [0.15, 0.2) is 36.4 Å². The van der Waals surface area contributed by atoms with E-state index < -0.39 is 125 Å². The van der Waals surface area contributed by atoms with Crippen molar-refractivity contribution in [2.45, 2.75) is 200 Å². The Morgan fingerprint density at radius 1 is 0.611 bits per heavy atom. The van der Waals surface area contributed by atoms with E-state index >= 15 is 0 Å². The topological polar surface area (TPSA) is 216 Å². The molecule has 25 heteroatoms. The van der Waals surface area contributed by atoms with Crippen LogP contribution in [0.1, 0.15) is 150 Å². The van der Waals surface area contributed by atoms with E-state index in [1.807, 2.05) is 52.4 Å². The first-order valence-corrected chi connectivity index (χ1v) is 30.7. The van der Waals surface area contributed by atoms with Gasteiger partial charge < -0.3 is 47.8 Å². The molecule has 2 amide bonds. The zero-order valence-electron chi connectivity index (χ0n) is 52.7. The average molecular weight is 1340 g/mol. The maximum absolute atomic E-state index is 14.2. The number of carbonyl (C=O) groups is 4. The second-order valence-electron chi connectivity index (χ2n) is 27.0. The van der Waals surface area contributed by atoms with Crippen molar-refractivity contribution in [1.29, 1.82) is 0 Å². The molecular weight excluding hydrogens is 1250 g/mol. The molecule has 2 saturated heterocycles. The van der Waals surface area contributed by atoms with Crippen LogP contribution in [0.4, 0.5) is 22.0 Å². The Morgan fingerprint density at radius 2 is 1.04 bits per heavy atom. The number of aromatic nitrogens is 4. The Labute approximate surface area is 546 Å². The van der Waals surface area contributed by atoms with Gasteiger partial charge in [-0.1, -0.05) is 93.2 Å². The van der Waals surface area contributed by atoms with Crippen molar-refractivity contribution in [3.63, 3.8) is 0 Å². The van der Waals surface area contributed by atoms with Gasteiger partial charge in [0.15, 0.2) is 0 Å². The Balaban J connectivity index is 0.000000250. The summed E-state index contributed by atoms with van der Waals surface area (Å²) in [6.45, 7) is 14.4. The number of amides is 2. The summed E-state index contributed by atoms with van der Waals surface area (Å²) < 4.78 is 104. The van der Waals surface area contributed by atoms with Crippen molar-refractivity contribution in [3.05, 3.63) is 47.8 Å². The first-order valence-electron chi connectivity index (χ1n) is 30.7. The number of alkyl halides is 5. The molecule has 4 bridgehead atoms. The number of methoxy groups -OCH3 is 2. The van der Waals surface area contributed by atoms with Gasteiger partial charge in [-0.15, -0.1) is 0 Å². The molecule has 0 unspecified atom stereocenters. The zero-order chi connectivity index (χ0) is 63.8. The number of ether oxygens (including phenoxy) is 6. The minimum absolute atomic E-state index is 0. The van der Waals surface area contributed by atoms with E-state index in [0.29, 0.717) is 95.8 Å². The summed E-state index contributed by atoms with van der Waals surface area (Å²) in [6.07, 6.45) is 0.317. The van der Waals surface area contributed by atoms with Gasteiger partial charge in [0.05, 0.1) is 74.1 Å². The molecule has 12 atom stereocenters. The fourth-order valence-corrected chi connectivity index (χ4v) is 13.2. The fraction of sp³-hybridized carbons (Fsp3) is 0.662. The van der Waals surface area contributed by atoms with Crippen LogP contribution in [-0.4, -0.2) is 141 Å². The fourth-order valence-electron chi connectivity index (χ4n) is 13.2. The van der Waals surface area contributed by atoms with Crippen LogP contribution in [0.3, 0.4) is 0 Å². The first-order chi connectivity index (χ1) is 41.5. The molecule has 2 aliphatic carbocycles. The van der Waals surface area contributed by atoms with Gasteiger partial charge in [0.1, 0.15) is 40.7 Å². The van der Waals surface area contributed by atoms with Crippen molar-refractivity contribution < 1.29 is 116 Å². The quantitative estimate of drug-likeness (QED) is 0.0996. The molecule has 2 saturated carbocycles. The van der Waals surface area contributed by atoms with Crippen molar-refractivity contribution in [3.8, 4) is 23.3 Å². The van der Waals surface area contributed by atoms with Gasteiger partial charge in [-0.2, -0.15) is 13.2 Å². The number of halogens is 5. The number of carbonyl (C=O) groups excluding carboxylic acids is 6. The van der Waals surface area contributed by atoms with Gasteiger partial charge in [0, 0.05) is 73.9 Å². The Morgan fingerprint density at radius 3 is 1.44 bits per heavy atom. The second-order valence-corrected chi connectivity index (χ2v) is 27.0. The minimum atomic E-state index is -4.72. The summed E-state index contributed by atoms with van der Waals surface area (Å²) in [5, 5.41) is 0. The predicted octanol–water partition coefficient (Wildman–Crippen LogP) is 10.8. The van der Waals surface area contributed by atoms with Crippen molar-refractivity contribution in [2.75, 3.05) is 27.3 Å². The number of esters is 2. The average Bonchev–Trinajstić information content (AvgIpc) is 1.58. The van der Waals surface area contributed by atoms with Crippen LogP contribution < -0.4 is 18.9 Å². The molecule has 4 aromatic rings. The van der Waals surface area contributed by atoms with Gasteiger partial charge in [-0.25, -0.2) is 41.3 Å². The molecule has 0 spiro atoms. The molecular formula is C65H81F5N6O12V2-2. The second kappa shape index (κ2) is 28.7. The number of fused-ring (bicyclic) bond motifs is 10. The van der Waals surface area contributed by atoms with Crippen LogP contribution in [-0.2, 0) is 88.2 Å². The number of aryl methyl sites for hydroxylation is 2. The van der Waals surface area contributed by atoms with E-state index in [2.05, 4.69) is 0 Å². The summed E-state index contributed by atoms with van der Waals surface area (Å²) in [5.41, 5.74) is -1.50. The molecule has 2 aromatic carbocycles. The van der Waals surface area contributed by atoms with E-state index in [1.54, 1.807) is 66.2 Å². The van der Waals surface area contributed by atoms with Gasteiger partial charge >= 0.3 is 18.1 Å². The maximum Gasteiger partial charge on any atom is 0.428 e. The van der Waals surface area contributed by atoms with Crippen molar-refractivity contribution in [1.82, 2.24) is 29.7 Å². The van der Waals surface area contributed by atoms with Crippen LogP contribution in [0.25, 0.3) is 22.1 Å². The van der Waals surface area contributed by atoms with E-state index in [0.717, 1.165) is 19.3 Å². The molecule has 18 nitrogen and oxygen atoms in total. The number of nitrogens with zero attached hydrogens (tertiary/aromatic N) is 6. The molecule has 4 aliphatic heterocycles. The van der Waals surface area contributed by atoms with Crippen LogP contribution in [0.5, 0.6) is 23.3 Å². The molecule has 2 aromatic heterocycles. The van der Waals surface area contributed by atoms with E-state index in [1.165, 1.54) is 9.80 Å². The smallest absolute Gasteiger partial charge is 0.428 e. The Hall–Kier alpha value is -5.64. The zero-order valence-corrected chi connectivity index (χ0v) is 55.5. The predicted molar refractivity (Wildman–Crippen MR) is 312 cm³/mol. The third kappa shape index (κ3) is 15.7. The summed E-state index contributed by atoms with van der Waals surface area (Å²) in [7, 11) is 3.12. The first kappa shape index (κ1) is 71.8. The van der Waals surface area contributed by atoms with Gasteiger partial charge in [0.25, 0.3) is 0 Å². The van der Waals surface area contributed by atoms with Crippen LogP contribution >= 0.6 is 0 Å². The summed E-state index contributed by atoms with van der Waals surface area (Å²) in [5.74, 6) is -4.60. The monoisotopic (exact) mass is 1330 g/mol. The molecule has 6 aliphatic rings. The Bertz CT molecular complexity index is 3260. The van der Waals surface area contributed by atoms with Gasteiger partial charge in [-0.05, 0) is 91.9 Å². The summed E-state index contributed by atoms with van der Waals surface area (Å²) in [4.78, 5) is 101. The molecule has 10 rings (SSSR count). The normalized spacial score (nSPS) is 29.6. The number of hydrogen-bond acceptors (Lipinski definition) is 16. The minimum Gasteiger partial charge on any atom is -0.540 e. The third-order valence-electron chi connectivity index (χ3n) is 18.9. The Kier molecular flexibility index (Phi) is 22.9. The van der Waals surface area contributed by atoms with Gasteiger partial charge in [-0.3, -0.25) is 19.2 Å². The number of benzene rings is 2. The molecule has 2 radical (unpaired) electrons. The van der Waals surface area contributed by atoms with Crippen LogP contribution in [0.2, 0.25) is 0 Å². The summed E-state index contributed by atoms with van der Waals surface area (Å²) in [6, 6.07) is 8.86. The van der Waals surface area contributed by atoms with E-state index in [9.17, 15) is 50.7 Å². The standard InChI is InChI=1S/C33H42F2N3O6.C32H39F3N3O6.2V/c1-19-26(18-39)38-17-27(19)43-30-24(36-23-12-11-21(42-5)13-25(23)37-30)10-8-6-7-9-20-15-33(20,16-28(34)35)44-29(40)14-22(31(38)41)32(2,3)4;1-18-25(17-39)38-16-26(18)43-28-23(36-22-12-11-20(42-5)13-24(22)37-28)10-8-6-7-9-19-15-31(19,32(33,34)35)44-27(40)14-21(29(38)41)30(2,3)4;;/h11-13,19-20,22,26-28H,6-10,14-17H2,1-5H3;11-13,18-19,21,25-26H,6-10,14-16H2,1-5H3;;/q2*-1;;/t19-,20+,22+,26+,27-,33-;18-,19+,21+,25+,26-,31+;;/m00../s1. The van der Waals surface area contributed by atoms with E-state index in [4.69, 9.17) is 48.4 Å². The molecule has 0 N–H and O–H groups in total. The van der Waals surface area contributed by atoms with E-state index in [-0.39, 0.29) is 81.3 Å². The number of rotatable bonds is 6. The van der Waals surface area contributed by atoms with Crippen molar-refractivity contribution in [2.24, 2.45) is 46.3 Å². The summed E-state index contributed by atoms with van der Waals surface area (Å²) >= 11 is 0. The van der Waals surface area contributed by atoms with Crippen molar-refractivity contribution >= 4 is 58.4 Å². The molecule has 6 heterocycles.